The van der Waals surface area contributed by atoms with Crippen molar-refractivity contribution in [1.82, 2.24) is 10.6 Å². The topological polar surface area (TPSA) is 73.3 Å². The van der Waals surface area contributed by atoms with Gasteiger partial charge in [-0.3, -0.25) is 0 Å². The number of nitrogens with one attached hydrogen (secondary N) is 2. The Kier molecular flexibility index (Phi) is 5.42. The summed E-state index contributed by atoms with van der Waals surface area (Å²) in [4.78, 5) is 4.61. The molecule has 3 unspecified atom stereocenters. The van der Waals surface area contributed by atoms with Gasteiger partial charge in [-0.15, -0.1) is 0 Å². The maximum atomic E-state index is 12.8. The highest BCUT2D eigenvalue weighted by atomic mass is 19.3. The van der Waals surface area contributed by atoms with E-state index < -0.39 is 6.61 Å². The first-order valence-corrected chi connectivity index (χ1v) is 9.94. The van der Waals surface area contributed by atoms with Gasteiger partial charge in [0.2, 0.25) is 6.79 Å². The summed E-state index contributed by atoms with van der Waals surface area (Å²) in [7, 11) is 0. The molecule has 0 amide bonds. The summed E-state index contributed by atoms with van der Waals surface area (Å²) >= 11 is 0. The molecule has 2 aliphatic heterocycles. The van der Waals surface area contributed by atoms with E-state index in [2.05, 4.69) is 34.2 Å². The van der Waals surface area contributed by atoms with Crippen LogP contribution in [0.4, 0.5) is 8.78 Å². The first-order valence-electron chi connectivity index (χ1n) is 9.94. The number of alkyl halides is 2. The number of fused-ring (bicyclic) bond motifs is 2. The average molecular weight is 411 g/mol. The van der Waals surface area contributed by atoms with Gasteiger partial charge in [0.05, 0.1) is 12.6 Å². The molecule has 1 saturated carbocycles. The summed E-state index contributed by atoms with van der Waals surface area (Å²) in [6.45, 7) is 5.12. The van der Waals surface area contributed by atoms with Gasteiger partial charge in [0, 0.05) is 42.2 Å². The third kappa shape index (κ3) is 3.80. The van der Waals surface area contributed by atoms with Crippen LogP contribution in [0.5, 0.6) is 17.2 Å². The molecule has 0 aromatic heterocycles. The second-order valence-electron chi connectivity index (χ2n) is 8.07. The van der Waals surface area contributed by atoms with Crippen LogP contribution < -0.4 is 24.8 Å². The van der Waals surface area contributed by atoms with Gasteiger partial charge in [-0.05, 0) is 19.4 Å². The van der Waals surface area contributed by atoms with E-state index in [0.717, 1.165) is 13.0 Å². The van der Waals surface area contributed by atoms with Crippen molar-refractivity contribution >= 4 is 5.96 Å². The van der Waals surface area contributed by atoms with Crippen LogP contribution in [-0.4, -0.2) is 44.7 Å². The standard InChI is InChI=1S/C20H27F2N3O4/c1-4-23-19(25-16-12-5-6-26-17(12)20(16,2)3)24-9-11-7-14-15(28-10-27-14)8-13(11)29-18(21)22/h7-8,12,16-18H,4-6,9-10H2,1-3H3,(H2,23,24,25). The highest BCUT2D eigenvalue weighted by Gasteiger charge is 2.59. The average Bonchev–Trinajstić information content (AvgIpc) is 3.31. The van der Waals surface area contributed by atoms with Gasteiger partial charge >= 0.3 is 6.61 Å². The Morgan fingerprint density at radius 3 is 2.79 bits per heavy atom. The molecule has 2 heterocycles. The summed E-state index contributed by atoms with van der Waals surface area (Å²) < 4.78 is 46.8. The van der Waals surface area contributed by atoms with Crippen molar-refractivity contribution in [2.75, 3.05) is 19.9 Å². The van der Waals surface area contributed by atoms with Crippen LogP contribution in [0.3, 0.4) is 0 Å². The molecule has 1 saturated heterocycles. The van der Waals surface area contributed by atoms with Crippen molar-refractivity contribution in [3.8, 4) is 17.2 Å². The van der Waals surface area contributed by atoms with Crippen molar-refractivity contribution in [1.29, 1.82) is 0 Å². The van der Waals surface area contributed by atoms with Gasteiger partial charge < -0.3 is 29.6 Å². The number of rotatable bonds is 6. The molecule has 4 rings (SSSR count). The minimum Gasteiger partial charge on any atom is -0.454 e. The predicted molar refractivity (Wildman–Crippen MR) is 103 cm³/mol. The molecule has 0 spiro atoms. The van der Waals surface area contributed by atoms with E-state index in [1.54, 1.807) is 6.07 Å². The number of nitrogens with zero attached hydrogens (tertiary/aromatic N) is 1. The lowest BCUT2D eigenvalue weighted by Gasteiger charge is -2.54. The summed E-state index contributed by atoms with van der Waals surface area (Å²) in [6, 6.07) is 3.30. The van der Waals surface area contributed by atoms with E-state index in [9.17, 15) is 8.78 Å². The Balaban J connectivity index is 1.52. The Labute approximate surface area is 168 Å². The lowest BCUT2D eigenvalue weighted by Crippen LogP contribution is -2.67. The lowest BCUT2D eigenvalue weighted by atomic mass is 9.57. The van der Waals surface area contributed by atoms with Crippen LogP contribution in [0, 0.1) is 11.3 Å². The SMILES string of the molecule is CCNC(=NCc1cc2c(cc1OC(F)F)OCO2)NC1C2CCOC2C1(C)C. The Morgan fingerprint density at radius 1 is 1.31 bits per heavy atom. The van der Waals surface area contributed by atoms with E-state index in [4.69, 9.17) is 14.2 Å². The fourth-order valence-electron chi connectivity index (χ4n) is 4.54. The van der Waals surface area contributed by atoms with Crippen LogP contribution in [0.25, 0.3) is 0 Å². The molecule has 160 valence electrons. The first kappa shape index (κ1) is 20.0. The van der Waals surface area contributed by atoms with Crippen LogP contribution in [-0.2, 0) is 11.3 Å². The molecular weight excluding hydrogens is 384 g/mol. The number of benzene rings is 1. The van der Waals surface area contributed by atoms with Crippen LogP contribution >= 0.6 is 0 Å². The molecule has 0 bridgehead atoms. The smallest absolute Gasteiger partial charge is 0.387 e. The summed E-state index contributed by atoms with van der Waals surface area (Å²) in [5.41, 5.74) is 0.502. The van der Waals surface area contributed by atoms with Crippen molar-refractivity contribution in [2.24, 2.45) is 16.3 Å². The Bertz CT molecular complexity index is 787. The van der Waals surface area contributed by atoms with Crippen molar-refractivity contribution in [3.05, 3.63) is 17.7 Å². The van der Waals surface area contributed by atoms with Gasteiger partial charge in [-0.25, -0.2) is 4.99 Å². The number of halogens is 2. The van der Waals surface area contributed by atoms with Crippen molar-refractivity contribution < 1.29 is 27.7 Å². The Hall–Kier alpha value is -2.29. The van der Waals surface area contributed by atoms with Gasteiger partial charge in [0.25, 0.3) is 0 Å². The lowest BCUT2D eigenvalue weighted by molar-refractivity contribution is -0.106. The Morgan fingerprint density at radius 2 is 2.07 bits per heavy atom. The van der Waals surface area contributed by atoms with Gasteiger partial charge in [0.15, 0.2) is 17.5 Å². The molecule has 7 nitrogen and oxygen atoms in total. The normalized spacial score (nSPS) is 26.8. The molecule has 0 radical (unpaired) electrons. The molecule has 1 aliphatic carbocycles. The van der Waals surface area contributed by atoms with Gasteiger partial charge in [-0.2, -0.15) is 8.78 Å². The molecule has 29 heavy (non-hydrogen) atoms. The highest BCUT2D eigenvalue weighted by molar-refractivity contribution is 5.80. The molecule has 2 N–H and O–H groups in total. The van der Waals surface area contributed by atoms with E-state index in [1.165, 1.54) is 6.07 Å². The number of guanidine groups is 1. The van der Waals surface area contributed by atoms with Gasteiger partial charge in [-0.1, -0.05) is 13.8 Å². The van der Waals surface area contributed by atoms with Crippen molar-refractivity contribution in [3.63, 3.8) is 0 Å². The second kappa shape index (κ2) is 7.85. The van der Waals surface area contributed by atoms with E-state index in [0.29, 0.717) is 35.5 Å². The zero-order valence-electron chi connectivity index (χ0n) is 16.8. The van der Waals surface area contributed by atoms with Crippen LogP contribution in [0.15, 0.2) is 17.1 Å². The van der Waals surface area contributed by atoms with E-state index in [-0.39, 0.29) is 36.6 Å². The fraction of sp³-hybridized carbons (Fsp3) is 0.650. The highest BCUT2D eigenvalue weighted by Crippen LogP contribution is 2.52. The molecule has 1 aromatic rings. The maximum Gasteiger partial charge on any atom is 0.387 e. The molecule has 1 aromatic carbocycles. The molecule has 9 heteroatoms. The van der Waals surface area contributed by atoms with Crippen molar-refractivity contribution in [2.45, 2.75) is 52.5 Å². The first-order chi connectivity index (χ1) is 13.9. The summed E-state index contributed by atoms with van der Waals surface area (Å²) in [6.07, 6.45) is 1.29. The number of hydrogen-bond acceptors (Lipinski definition) is 5. The van der Waals surface area contributed by atoms with E-state index in [1.807, 2.05) is 6.92 Å². The molecule has 2 fully saturated rings. The minimum atomic E-state index is -2.93. The third-order valence-electron chi connectivity index (χ3n) is 5.92. The van der Waals surface area contributed by atoms with Gasteiger partial charge in [0.1, 0.15) is 5.75 Å². The monoisotopic (exact) mass is 411 g/mol. The summed E-state index contributed by atoms with van der Waals surface area (Å²) in [5.74, 6) is 2.02. The molecule has 3 atom stereocenters. The zero-order valence-corrected chi connectivity index (χ0v) is 16.8. The summed E-state index contributed by atoms with van der Waals surface area (Å²) in [5, 5.41) is 6.75. The molecule has 3 aliphatic rings. The van der Waals surface area contributed by atoms with Crippen LogP contribution in [0.1, 0.15) is 32.8 Å². The third-order valence-corrected chi connectivity index (χ3v) is 5.92. The maximum absolute atomic E-state index is 12.8. The zero-order chi connectivity index (χ0) is 20.6. The number of aliphatic imine (C=N–C) groups is 1. The largest absolute Gasteiger partial charge is 0.454 e. The minimum absolute atomic E-state index is 0.0000535. The number of ether oxygens (including phenoxy) is 4. The predicted octanol–water partition coefficient (Wildman–Crippen LogP) is 2.89. The number of hydrogen-bond donors (Lipinski definition) is 2. The fourth-order valence-corrected chi connectivity index (χ4v) is 4.54. The molecular formula is C20H27F2N3O4. The quantitative estimate of drug-likeness (QED) is 0.554. The second-order valence-corrected chi connectivity index (χ2v) is 8.07. The van der Waals surface area contributed by atoms with Crippen LogP contribution in [0.2, 0.25) is 0 Å². The van der Waals surface area contributed by atoms with E-state index >= 15 is 0 Å².